The third-order valence-electron chi connectivity index (χ3n) is 7.91. The van der Waals surface area contributed by atoms with Crippen LogP contribution >= 0.6 is 0 Å². The molecule has 2 aromatic rings. The minimum Gasteiger partial charge on any atom is -0.507 e. The Hall–Kier alpha value is -2.76. The predicted molar refractivity (Wildman–Crippen MR) is 135 cm³/mol. The Bertz CT molecular complexity index is 1160. The molecule has 6 nitrogen and oxygen atoms in total. The number of benzene rings is 1. The normalized spacial score (nSPS) is 20.7. The lowest BCUT2D eigenvalue weighted by Gasteiger charge is -2.24. The van der Waals surface area contributed by atoms with E-state index in [-0.39, 0.29) is 28.9 Å². The number of hydrogen-bond donors (Lipinski definition) is 2. The number of aromatic hydroxyl groups is 1. The third-order valence-corrected chi connectivity index (χ3v) is 7.91. The molecule has 3 fully saturated rings. The van der Waals surface area contributed by atoms with Crippen molar-refractivity contribution in [2.75, 3.05) is 5.32 Å². The second-order valence-corrected chi connectivity index (χ2v) is 12.0. The van der Waals surface area contributed by atoms with Crippen molar-refractivity contribution in [3.05, 3.63) is 57.6 Å². The van der Waals surface area contributed by atoms with E-state index in [0.717, 1.165) is 24.3 Å². The number of ether oxygens (including phenoxy) is 1. The molecule has 0 saturated heterocycles. The van der Waals surface area contributed by atoms with E-state index in [1.54, 1.807) is 12.1 Å². The topological polar surface area (TPSA) is 88.8 Å². The lowest BCUT2D eigenvalue weighted by molar-refractivity contribution is 0.0636. The van der Waals surface area contributed by atoms with E-state index in [1.807, 2.05) is 39.0 Å². The molecule has 35 heavy (non-hydrogen) atoms. The van der Waals surface area contributed by atoms with Gasteiger partial charge in [-0.2, -0.15) is 0 Å². The Balaban J connectivity index is 1.41. The minimum atomic E-state index is -0.598. The zero-order valence-corrected chi connectivity index (χ0v) is 21.2. The highest BCUT2D eigenvalue weighted by molar-refractivity contribution is 5.85. The second kappa shape index (κ2) is 8.72. The fourth-order valence-electron chi connectivity index (χ4n) is 5.52. The van der Waals surface area contributed by atoms with Gasteiger partial charge in [-0.3, -0.25) is 5.32 Å². The first kappa shape index (κ1) is 24.0. The van der Waals surface area contributed by atoms with Gasteiger partial charge in [0.15, 0.2) is 0 Å². The van der Waals surface area contributed by atoms with Crippen molar-refractivity contribution in [1.82, 2.24) is 0 Å². The summed E-state index contributed by atoms with van der Waals surface area (Å²) in [7, 11) is 0. The van der Waals surface area contributed by atoms with Gasteiger partial charge in [-0.15, -0.1) is 0 Å². The highest BCUT2D eigenvalue weighted by Crippen LogP contribution is 2.62. The first-order chi connectivity index (χ1) is 16.5. The van der Waals surface area contributed by atoms with Crippen LogP contribution in [0.1, 0.15) is 101 Å². The minimum absolute atomic E-state index is 0.0210. The molecule has 188 valence electrons. The molecule has 1 aromatic heterocycles. The molecule has 3 aliphatic rings. The molecule has 0 radical (unpaired) electrons. The molecule has 3 aliphatic carbocycles. The molecule has 0 spiro atoms. The molecule has 2 N–H and O–H groups in total. The van der Waals surface area contributed by atoms with Crippen molar-refractivity contribution in [3.63, 3.8) is 0 Å². The molecule has 2 atom stereocenters. The lowest BCUT2D eigenvalue weighted by atomic mass is 9.83. The predicted octanol–water partition coefficient (Wildman–Crippen LogP) is 6.92. The average Bonchev–Trinajstić information content (AvgIpc) is 3.62. The summed E-state index contributed by atoms with van der Waals surface area (Å²) in [5.74, 6) is 1.54. The number of rotatable bonds is 8. The second-order valence-electron chi connectivity index (χ2n) is 12.0. The summed E-state index contributed by atoms with van der Waals surface area (Å²) in [4.78, 5) is 25.6. The summed E-state index contributed by atoms with van der Waals surface area (Å²) in [5, 5.41) is 13.9. The SMILES string of the molecule is CC(c1cc(O)c(C(c2cccc(NC(=O)OC(C)(C)C)c2)C2CC2)c(=O)o1)C1(CC2CC2)CC1. The molecular weight excluding hydrogens is 442 g/mol. The summed E-state index contributed by atoms with van der Waals surface area (Å²) in [6, 6.07) is 9.12. The number of nitrogens with one attached hydrogen (secondary N) is 1. The maximum Gasteiger partial charge on any atom is 0.412 e. The van der Waals surface area contributed by atoms with Crippen molar-refractivity contribution in [2.24, 2.45) is 17.3 Å². The van der Waals surface area contributed by atoms with Gasteiger partial charge in [0.05, 0.1) is 5.56 Å². The molecule has 6 heteroatoms. The molecule has 0 bridgehead atoms. The van der Waals surface area contributed by atoms with Crippen LogP contribution < -0.4 is 10.9 Å². The smallest absolute Gasteiger partial charge is 0.412 e. The van der Waals surface area contributed by atoms with Crippen LogP contribution in [0.25, 0.3) is 0 Å². The van der Waals surface area contributed by atoms with Gasteiger partial charge in [0.1, 0.15) is 17.1 Å². The van der Waals surface area contributed by atoms with Crippen LogP contribution in [0.5, 0.6) is 5.75 Å². The zero-order chi connectivity index (χ0) is 25.0. The first-order valence-electron chi connectivity index (χ1n) is 13.0. The van der Waals surface area contributed by atoms with Gasteiger partial charge in [-0.05, 0) is 87.8 Å². The molecule has 5 rings (SSSR count). The fraction of sp³-hybridized carbons (Fsp3) is 0.586. The summed E-state index contributed by atoms with van der Waals surface area (Å²) in [6.07, 6.45) is 7.59. The lowest BCUT2D eigenvalue weighted by Crippen LogP contribution is -2.27. The van der Waals surface area contributed by atoms with E-state index in [1.165, 1.54) is 32.1 Å². The Kier molecular flexibility index (Phi) is 5.97. The molecule has 0 aliphatic heterocycles. The molecular formula is C29H37NO5. The summed E-state index contributed by atoms with van der Waals surface area (Å²) < 4.78 is 11.3. The molecule has 1 amide bonds. The number of carbonyl (C=O) groups excluding carboxylic acids is 1. The Morgan fingerprint density at radius 1 is 1.20 bits per heavy atom. The Morgan fingerprint density at radius 2 is 1.91 bits per heavy atom. The summed E-state index contributed by atoms with van der Waals surface area (Å²) >= 11 is 0. The van der Waals surface area contributed by atoms with Crippen LogP contribution in [0.15, 0.2) is 39.5 Å². The quantitative estimate of drug-likeness (QED) is 0.429. The van der Waals surface area contributed by atoms with Gasteiger partial charge in [0.2, 0.25) is 0 Å². The van der Waals surface area contributed by atoms with Crippen molar-refractivity contribution in [3.8, 4) is 5.75 Å². The first-order valence-corrected chi connectivity index (χ1v) is 13.0. The molecule has 1 heterocycles. The van der Waals surface area contributed by atoms with Crippen molar-refractivity contribution >= 4 is 11.8 Å². The Labute approximate surface area is 207 Å². The van der Waals surface area contributed by atoms with Crippen molar-refractivity contribution in [2.45, 2.75) is 90.1 Å². The highest BCUT2D eigenvalue weighted by atomic mass is 16.6. The number of carbonyl (C=O) groups is 1. The largest absolute Gasteiger partial charge is 0.507 e. The van der Waals surface area contributed by atoms with Gasteiger partial charge in [-0.1, -0.05) is 31.9 Å². The fourth-order valence-corrected chi connectivity index (χ4v) is 5.52. The average molecular weight is 480 g/mol. The van der Waals surface area contributed by atoms with Gasteiger partial charge in [0, 0.05) is 23.6 Å². The van der Waals surface area contributed by atoms with E-state index in [9.17, 15) is 14.7 Å². The third kappa shape index (κ3) is 5.41. The van der Waals surface area contributed by atoms with Crippen LogP contribution in [0, 0.1) is 17.3 Å². The van der Waals surface area contributed by atoms with Crippen molar-refractivity contribution < 1.29 is 19.1 Å². The maximum atomic E-state index is 13.3. The van der Waals surface area contributed by atoms with Gasteiger partial charge < -0.3 is 14.3 Å². The number of hydrogen-bond acceptors (Lipinski definition) is 5. The van der Waals surface area contributed by atoms with Gasteiger partial charge >= 0.3 is 11.7 Å². The zero-order valence-electron chi connectivity index (χ0n) is 21.2. The van der Waals surface area contributed by atoms with Gasteiger partial charge in [0.25, 0.3) is 0 Å². The van der Waals surface area contributed by atoms with E-state index in [0.29, 0.717) is 17.0 Å². The molecule has 2 unspecified atom stereocenters. The maximum absolute atomic E-state index is 13.3. The summed E-state index contributed by atoms with van der Waals surface area (Å²) in [6.45, 7) is 7.58. The van der Waals surface area contributed by atoms with Gasteiger partial charge in [-0.25, -0.2) is 9.59 Å². The van der Waals surface area contributed by atoms with Crippen LogP contribution in [-0.2, 0) is 4.74 Å². The van der Waals surface area contributed by atoms with Crippen LogP contribution in [0.2, 0.25) is 0 Å². The summed E-state index contributed by atoms with van der Waals surface area (Å²) in [5.41, 5.74) is 0.966. The number of anilines is 1. The number of amides is 1. The van der Waals surface area contributed by atoms with Crippen LogP contribution in [0.3, 0.4) is 0 Å². The monoisotopic (exact) mass is 479 g/mol. The molecule has 3 saturated carbocycles. The van der Waals surface area contributed by atoms with Crippen LogP contribution in [-0.4, -0.2) is 16.8 Å². The van der Waals surface area contributed by atoms with E-state index >= 15 is 0 Å². The standard InChI is InChI=1S/C29H37NO5/c1-17(29(12-13-29)16-18-8-9-18)23-15-22(31)25(26(32)34-23)24(19-10-11-19)20-6-5-7-21(14-20)30-27(33)35-28(2,3)4/h5-7,14-15,17-19,24,31H,8-13,16H2,1-4H3,(H,30,33). The van der Waals surface area contributed by atoms with Crippen LogP contribution in [0.4, 0.5) is 10.5 Å². The molecule has 1 aromatic carbocycles. The van der Waals surface area contributed by atoms with E-state index < -0.39 is 17.3 Å². The Morgan fingerprint density at radius 3 is 2.49 bits per heavy atom. The highest BCUT2D eigenvalue weighted by Gasteiger charge is 2.51. The van der Waals surface area contributed by atoms with E-state index in [2.05, 4.69) is 12.2 Å². The van der Waals surface area contributed by atoms with E-state index in [4.69, 9.17) is 9.15 Å². The van der Waals surface area contributed by atoms with Crippen molar-refractivity contribution in [1.29, 1.82) is 0 Å².